The average molecular weight is 500 g/mol. The Labute approximate surface area is 191 Å². The topological polar surface area (TPSA) is 157 Å². The van der Waals surface area contributed by atoms with E-state index in [1.54, 1.807) is 0 Å². The molecule has 1 atom stereocenters. The maximum Gasteiger partial charge on any atom is 0.416 e. The van der Waals surface area contributed by atoms with E-state index in [0.717, 1.165) is 22.6 Å². The lowest BCUT2D eigenvalue weighted by molar-refractivity contribution is -0.137. The minimum absolute atomic E-state index is 0.0957. The number of nitrogens with one attached hydrogen (secondary N) is 2. The SMILES string of the molecule is NC(=O)C1(S(=O)(=O)N2CCC(Oc3ccc(C(F)(F)F)cc3)CC2)NC(=O)Nc2nccnc21. The summed E-state index contributed by atoms with van der Waals surface area (Å²) in [7, 11) is -4.61. The number of urea groups is 1. The lowest BCUT2D eigenvalue weighted by atomic mass is 10.1. The van der Waals surface area contributed by atoms with Gasteiger partial charge in [0.15, 0.2) is 5.82 Å². The maximum atomic E-state index is 13.6. The lowest BCUT2D eigenvalue weighted by Crippen LogP contribution is -2.67. The Morgan fingerprint density at radius 1 is 1.15 bits per heavy atom. The number of sulfonamides is 1. The summed E-state index contributed by atoms with van der Waals surface area (Å²) >= 11 is 0. The van der Waals surface area contributed by atoms with E-state index in [0.29, 0.717) is 0 Å². The second kappa shape index (κ2) is 8.39. The van der Waals surface area contributed by atoms with Gasteiger partial charge in [-0.15, -0.1) is 0 Å². The fraction of sp³-hybridized carbons (Fsp3) is 0.368. The molecule has 0 saturated carbocycles. The number of nitrogens with two attached hydrogens (primary N) is 1. The summed E-state index contributed by atoms with van der Waals surface area (Å²) in [4.78, 5) is 29.8. The predicted molar refractivity (Wildman–Crippen MR) is 111 cm³/mol. The Bertz CT molecular complexity index is 1220. The van der Waals surface area contributed by atoms with E-state index in [-0.39, 0.29) is 43.2 Å². The molecule has 4 rings (SSSR count). The Morgan fingerprint density at radius 3 is 2.35 bits per heavy atom. The molecular formula is C19H19F3N6O5S. The van der Waals surface area contributed by atoms with Gasteiger partial charge in [-0.05, 0) is 37.1 Å². The van der Waals surface area contributed by atoms with Gasteiger partial charge >= 0.3 is 12.2 Å². The molecule has 2 aliphatic rings. The molecule has 15 heteroatoms. The van der Waals surface area contributed by atoms with Crippen LogP contribution in [0.4, 0.5) is 23.8 Å². The van der Waals surface area contributed by atoms with Gasteiger partial charge in [-0.3, -0.25) is 15.1 Å². The van der Waals surface area contributed by atoms with E-state index in [1.165, 1.54) is 18.3 Å². The van der Waals surface area contributed by atoms with Crippen molar-refractivity contribution in [3.05, 3.63) is 47.9 Å². The van der Waals surface area contributed by atoms with Gasteiger partial charge in [-0.1, -0.05) is 0 Å². The second-order valence-electron chi connectivity index (χ2n) is 7.62. The first-order valence-electron chi connectivity index (χ1n) is 9.99. The number of rotatable bonds is 5. The fourth-order valence-corrected chi connectivity index (χ4v) is 5.78. The van der Waals surface area contributed by atoms with Crippen molar-refractivity contribution >= 4 is 27.8 Å². The van der Waals surface area contributed by atoms with Crippen LogP contribution in [-0.2, 0) is 25.9 Å². The number of benzene rings is 1. The quantitative estimate of drug-likeness (QED) is 0.556. The van der Waals surface area contributed by atoms with Crippen LogP contribution in [0.25, 0.3) is 0 Å². The van der Waals surface area contributed by atoms with Crippen molar-refractivity contribution in [2.45, 2.75) is 30.0 Å². The minimum atomic E-state index is -4.61. The molecule has 0 bridgehead atoms. The molecular weight excluding hydrogens is 481 g/mol. The highest BCUT2D eigenvalue weighted by atomic mass is 32.2. The summed E-state index contributed by atoms with van der Waals surface area (Å²) in [5.41, 5.74) is 4.31. The van der Waals surface area contributed by atoms with Crippen LogP contribution < -0.4 is 21.1 Å². The number of aromatic nitrogens is 2. The smallest absolute Gasteiger partial charge is 0.416 e. The van der Waals surface area contributed by atoms with Crippen molar-refractivity contribution in [1.82, 2.24) is 19.6 Å². The largest absolute Gasteiger partial charge is 0.490 e. The van der Waals surface area contributed by atoms with Gasteiger partial charge in [0, 0.05) is 25.5 Å². The number of carbonyl (C=O) groups excluding carboxylic acids is 2. The molecule has 182 valence electrons. The Morgan fingerprint density at radius 2 is 1.76 bits per heavy atom. The summed E-state index contributed by atoms with van der Waals surface area (Å²) in [6.45, 7) is -0.191. The molecule has 0 spiro atoms. The first kappa shape index (κ1) is 23.7. The van der Waals surface area contributed by atoms with E-state index in [1.807, 2.05) is 0 Å². The molecule has 4 N–H and O–H groups in total. The number of ether oxygens (including phenoxy) is 1. The van der Waals surface area contributed by atoms with Crippen LogP contribution in [0.5, 0.6) is 5.75 Å². The first-order chi connectivity index (χ1) is 15.9. The third-order valence-electron chi connectivity index (χ3n) is 5.51. The van der Waals surface area contributed by atoms with E-state index in [4.69, 9.17) is 10.5 Å². The third-order valence-corrected chi connectivity index (χ3v) is 7.83. The number of fused-ring (bicyclic) bond motifs is 1. The summed E-state index contributed by atoms with van der Waals surface area (Å²) in [6, 6.07) is 3.17. The molecule has 3 amide bonds. The van der Waals surface area contributed by atoms with Crippen LogP contribution in [0.2, 0.25) is 0 Å². The van der Waals surface area contributed by atoms with Crippen molar-refractivity contribution in [3.8, 4) is 5.75 Å². The van der Waals surface area contributed by atoms with Crippen molar-refractivity contribution in [2.75, 3.05) is 18.4 Å². The maximum absolute atomic E-state index is 13.6. The van der Waals surface area contributed by atoms with Gasteiger partial charge in [-0.25, -0.2) is 18.2 Å². The van der Waals surface area contributed by atoms with Gasteiger partial charge in [0.2, 0.25) is 0 Å². The molecule has 34 heavy (non-hydrogen) atoms. The fourth-order valence-electron chi connectivity index (χ4n) is 3.84. The highest BCUT2D eigenvalue weighted by Crippen LogP contribution is 2.37. The average Bonchev–Trinajstić information content (AvgIpc) is 2.78. The Hall–Kier alpha value is -3.46. The highest BCUT2D eigenvalue weighted by molar-refractivity contribution is 7.90. The highest BCUT2D eigenvalue weighted by Gasteiger charge is 2.60. The molecule has 1 saturated heterocycles. The molecule has 1 aromatic carbocycles. The molecule has 1 fully saturated rings. The monoisotopic (exact) mass is 500 g/mol. The predicted octanol–water partition coefficient (Wildman–Crippen LogP) is 1.14. The van der Waals surface area contributed by atoms with Crippen molar-refractivity contribution in [2.24, 2.45) is 5.73 Å². The van der Waals surface area contributed by atoms with Crippen LogP contribution >= 0.6 is 0 Å². The number of primary amides is 1. The standard InChI is InChI=1S/C19H19F3N6O5S/c20-19(21,22)11-1-3-12(4-2-11)33-13-5-9-28(10-6-13)34(31,32)18(16(23)29)14-15(25-8-7-24-14)26-17(30)27-18/h1-4,7-8,13H,5-6,9-10H2,(H2,23,29)(H2,25,26,27,30). The van der Waals surface area contributed by atoms with E-state index in [2.05, 4.69) is 20.6 Å². The first-order valence-corrected chi connectivity index (χ1v) is 11.4. The van der Waals surface area contributed by atoms with Gasteiger partial charge in [-0.2, -0.15) is 17.5 Å². The molecule has 3 heterocycles. The lowest BCUT2D eigenvalue weighted by Gasteiger charge is -2.40. The summed E-state index contributed by atoms with van der Waals surface area (Å²) in [6.07, 6.45) is -2.23. The van der Waals surface area contributed by atoms with Crippen LogP contribution in [0.3, 0.4) is 0 Å². The van der Waals surface area contributed by atoms with Gasteiger partial charge in [0.1, 0.15) is 17.5 Å². The number of hydrogen-bond acceptors (Lipinski definition) is 7. The number of piperidine rings is 1. The van der Waals surface area contributed by atoms with E-state index >= 15 is 0 Å². The minimum Gasteiger partial charge on any atom is -0.490 e. The zero-order valence-corrected chi connectivity index (χ0v) is 18.2. The molecule has 0 radical (unpaired) electrons. The van der Waals surface area contributed by atoms with E-state index < -0.39 is 44.7 Å². The van der Waals surface area contributed by atoms with Gasteiger partial charge in [0.25, 0.3) is 20.8 Å². The number of amides is 3. The number of alkyl halides is 3. The van der Waals surface area contributed by atoms with Crippen LogP contribution in [0, 0.1) is 0 Å². The second-order valence-corrected chi connectivity index (χ2v) is 9.70. The summed E-state index contributed by atoms with van der Waals surface area (Å²) in [5, 5.41) is 4.40. The van der Waals surface area contributed by atoms with Crippen LogP contribution in [0.15, 0.2) is 36.7 Å². The van der Waals surface area contributed by atoms with Crippen molar-refractivity contribution in [3.63, 3.8) is 0 Å². The van der Waals surface area contributed by atoms with Crippen molar-refractivity contribution in [1.29, 1.82) is 0 Å². The Balaban J connectivity index is 1.52. The summed E-state index contributed by atoms with van der Waals surface area (Å²) < 4.78 is 72.0. The Kier molecular flexibility index (Phi) is 5.85. The summed E-state index contributed by atoms with van der Waals surface area (Å²) in [5.74, 6) is -1.36. The number of nitrogens with zero attached hydrogens (tertiary/aromatic N) is 3. The molecule has 11 nitrogen and oxygen atoms in total. The normalized spacial score (nSPS) is 21.8. The molecule has 2 aromatic rings. The number of anilines is 1. The van der Waals surface area contributed by atoms with Gasteiger partial charge < -0.3 is 15.8 Å². The van der Waals surface area contributed by atoms with Gasteiger partial charge in [0.05, 0.1) is 5.56 Å². The molecule has 2 aliphatic heterocycles. The molecule has 1 aromatic heterocycles. The zero-order valence-electron chi connectivity index (χ0n) is 17.4. The number of hydrogen-bond donors (Lipinski definition) is 3. The third kappa shape index (κ3) is 4.00. The zero-order chi connectivity index (χ0) is 24.7. The molecule has 0 aliphatic carbocycles. The van der Waals surface area contributed by atoms with Crippen LogP contribution in [-0.4, -0.2) is 53.8 Å². The number of carbonyl (C=O) groups is 2. The van der Waals surface area contributed by atoms with Crippen LogP contribution in [0.1, 0.15) is 24.1 Å². The molecule has 1 unspecified atom stereocenters. The van der Waals surface area contributed by atoms with Crippen molar-refractivity contribution < 1.29 is 35.9 Å². The number of halogens is 3. The van der Waals surface area contributed by atoms with E-state index in [9.17, 15) is 31.2 Å².